The van der Waals surface area contributed by atoms with Gasteiger partial charge >= 0.3 is 0 Å². The maximum atomic E-state index is 5.45. The van der Waals surface area contributed by atoms with Crippen molar-refractivity contribution in [3.8, 4) is 11.6 Å². The minimum absolute atomic E-state index is 0. The molecule has 4 heterocycles. The molecule has 4 rings (SSSR count). The summed E-state index contributed by atoms with van der Waals surface area (Å²) in [6.45, 7) is 10.4. The number of guanidine groups is 1. The zero-order chi connectivity index (χ0) is 19.2. The highest BCUT2D eigenvalue weighted by atomic mass is 127. The highest BCUT2D eigenvalue weighted by Crippen LogP contribution is 2.19. The van der Waals surface area contributed by atoms with Crippen LogP contribution in [0.15, 0.2) is 27.8 Å². The molecule has 0 aliphatic carbocycles. The van der Waals surface area contributed by atoms with E-state index in [-0.39, 0.29) is 24.0 Å². The fraction of sp³-hybridized carbons (Fsp3) is 0.632. The Morgan fingerprint density at radius 2 is 2.21 bits per heavy atom. The van der Waals surface area contributed by atoms with Gasteiger partial charge in [0.2, 0.25) is 5.82 Å². The van der Waals surface area contributed by atoms with E-state index in [0.717, 1.165) is 64.3 Å². The van der Waals surface area contributed by atoms with Gasteiger partial charge in [-0.1, -0.05) is 0 Å². The van der Waals surface area contributed by atoms with Gasteiger partial charge < -0.3 is 19.4 Å². The number of halogens is 1. The van der Waals surface area contributed by atoms with E-state index in [9.17, 15) is 0 Å². The molecule has 0 spiro atoms. The van der Waals surface area contributed by atoms with Crippen LogP contribution in [0.1, 0.15) is 19.2 Å². The van der Waals surface area contributed by atoms with Gasteiger partial charge in [0.1, 0.15) is 12.4 Å². The number of aromatic amines is 1. The van der Waals surface area contributed by atoms with E-state index >= 15 is 0 Å². The summed E-state index contributed by atoms with van der Waals surface area (Å²) in [5.41, 5.74) is 0. The summed E-state index contributed by atoms with van der Waals surface area (Å²) in [5.74, 6) is 3.57. The zero-order valence-corrected chi connectivity index (χ0v) is 19.2. The molecule has 0 saturated carbocycles. The second kappa shape index (κ2) is 10.9. The summed E-state index contributed by atoms with van der Waals surface area (Å²) >= 11 is 0. The lowest BCUT2D eigenvalue weighted by atomic mass is 10.1. The van der Waals surface area contributed by atoms with E-state index < -0.39 is 0 Å². The van der Waals surface area contributed by atoms with Crippen LogP contribution in [0.5, 0.6) is 0 Å². The largest absolute Gasteiger partial charge is 0.461 e. The molecule has 2 fully saturated rings. The molecule has 10 heteroatoms. The van der Waals surface area contributed by atoms with E-state index in [1.807, 2.05) is 12.1 Å². The number of aromatic nitrogens is 3. The molecular weight excluding hydrogens is 485 g/mol. The predicted molar refractivity (Wildman–Crippen MR) is 121 cm³/mol. The van der Waals surface area contributed by atoms with E-state index in [1.54, 1.807) is 6.26 Å². The second-order valence-corrected chi connectivity index (χ2v) is 7.27. The second-order valence-electron chi connectivity index (χ2n) is 7.27. The van der Waals surface area contributed by atoms with Gasteiger partial charge in [-0.15, -0.1) is 29.1 Å². The van der Waals surface area contributed by atoms with Crippen molar-refractivity contribution in [1.29, 1.82) is 0 Å². The summed E-state index contributed by atoms with van der Waals surface area (Å²) in [5, 5.41) is 10.6. The number of morpholine rings is 1. The minimum atomic E-state index is 0. The van der Waals surface area contributed by atoms with Crippen LogP contribution in [-0.2, 0) is 11.3 Å². The Kier molecular flexibility index (Phi) is 8.30. The van der Waals surface area contributed by atoms with Crippen molar-refractivity contribution in [1.82, 2.24) is 30.3 Å². The summed E-state index contributed by atoms with van der Waals surface area (Å²) in [4.78, 5) is 14.1. The van der Waals surface area contributed by atoms with Gasteiger partial charge in [-0.05, 0) is 31.4 Å². The summed E-state index contributed by atoms with van der Waals surface area (Å²) in [7, 11) is 0. The number of rotatable bonds is 6. The standard InChI is InChI=1S/C19H29N7O2.HI/c1-2-20-19(21-12-17-22-18(24-23-17)16-4-3-9-28-16)26-6-5-15(14-26)13-25-7-10-27-11-8-25;/h3-4,9,15H,2,5-8,10-14H2,1H3,(H,20,21)(H,22,23,24);1H. The van der Waals surface area contributed by atoms with Crippen molar-refractivity contribution in [2.75, 3.05) is 52.5 Å². The SMILES string of the molecule is CCNC(=NCc1nc(-c2ccco2)n[nH]1)N1CCC(CN2CCOCC2)C1.I. The highest BCUT2D eigenvalue weighted by Gasteiger charge is 2.27. The third kappa shape index (κ3) is 5.92. The summed E-state index contributed by atoms with van der Waals surface area (Å²) < 4.78 is 10.8. The molecule has 2 aromatic rings. The molecule has 2 N–H and O–H groups in total. The van der Waals surface area contributed by atoms with Crippen molar-refractivity contribution in [3.05, 3.63) is 24.2 Å². The minimum Gasteiger partial charge on any atom is -0.461 e. The molecule has 2 aliphatic heterocycles. The number of H-pyrrole nitrogens is 1. The molecule has 29 heavy (non-hydrogen) atoms. The summed E-state index contributed by atoms with van der Waals surface area (Å²) in [6, 6.07) is 3.67. The van der Waals surface area contributed by atoms with Gasteiger partial charge in [0.05, 0.1) is 19.5 Å². The van der Waals surface area contributed by atoms with Crippen LogP contribution in [0, 0.1) is 5.92 Å². The average molecular weight is 515 g/mol. The zero-order valence-electron chi connectivity index (χ0n) is 16.8. The Morgan fingerprint density at radius 1 is 1.34 bits per heavy atom. The van der Waals surface area contributed by atoms with Crippen molar-refractivity contribution >= 4 is 29.9 Å². The van der Waals surface area contributed by atoms with Gasteiger partial charge in [0.25, 0.3) is 0 Å². The Morgan fingerprint density at radius 3 is 2.97 bits per heavy atom. The van der Waals surface area contributed by atoms with Crippen LogP contribution < -0.4 is 5.32 Å². The Bertz CT molecular complexity index is 758. The average Bonchev–Trinajstić information content (AvgIpc) is 3.47. The number of hydrogen-bond donors (Lipinski definition) is 2. The number of furan rings is 1. The summed E-state index contributed by atoms with van der Waals surface area (Å²) in [6.07, 6.45) is 2.82. The van der Waals surface area contributed by atoms with Crippen LogP contribution in [0.2, 0.25) is 0 Å². The third-order valence-electron chi connectivity index (χ3n) is 5.19. The normalized spacial score (nSPS) is 20.7. The van der Waals surface area contributed by atoms with Gasteiger partial charge in [-0.25, -0.2) is 9.98 Å². The fourth-order valence-electron chi connectivity index (χ4n) is 3.78. The van der Waals surface area contributed by atoms with Crippen molar-refractivity contribution in [2.45, 2.75) is 19.9 Å². The molecule has 160 valence electrons. The Labute approximate surface area is 188 Å². The van der Waals surface area contributed by atoms with E-state index in [4.69, 9.17) is 14.1 Å². The molecule has 2 aromatic heterocycles. The molecule has 0 amide bonds. The van der Waals surface area contributed by atoms with Crippen LogP contribution in [0.25, 0.3) is 11.6 Å². The predicted octanol–water partition coefficient (Wildman–Crippen LogP) is 1.80. The third-order valence-corrected chi connectivity index (χ3v) is 5.19. The Hall–Kier alpha value is -1.66. The van der Waals surface area contributed by atoms with E-state index in [1.165, 1.54) is 6.42 Å². The van der Waals surface area contributed by atoms with Crippen LogP contribution >= 0.6 is 24.0 Å². The van der Waals surface area contributed by atoms with E-state index in [0.29, 0.717) is 24.0 Å². The topological polar surface area (TPSA) is 94.8 Å². The maximum absolute atomic E-state index is 5.45. The molecule has 0 aromatic carbocycles. The van der Waals surface area contributed by atoms with Gasteiger partial charge in [0, 0.05) is 39.3 Å². The smallest absolute Gasteiger partial charge is 0.216 e. The maximum Gasteiger partial charge on any atom is 0.216 e. The first kappa shape index (κ1) is 22.0. The molecular formula is C19H30IN7O2. The molecule has 2 saturated heterocycles. The molecule has 0 radical (unpaired) electrons. The highest BCUT2D eigenvalue weighted by molar-refractivity contribution is 14.0. The van der Waals surface area contributed by atoms with Gasteiger partial charge in [-0.2, -0.15) is 0 Å². The number of ether oxygens (including phenoxy) is 1. The van der Waals surface area contributed by atoms with Crippen LogP contribution in [0.4, 0.5) is 0 Å². The van der Waals surface area contributed by atoms with Crippen LogP contribution in [-0.4, -0.2) is 83.4 Å². The van der Waals surface area contributed by atoms with Crippen molar-refractivity contribution < 1.29 is 9.15 Å². The van der Waals surface area contributed by atoms with E-state index in [2.05, 4.69) is 37.2 Å². The molecule has 1 unspecified atom stereocenters. The van der Waals surface area contributed by atoms with Crippen LogP contribution in [0.3, 0.4) is 0 Å². The molecule has 9 nitrogen and oxygen atoms in total. The molecule has 0 bridgehead atoms. The number of nitrogens with zero attached hydrogens (tertiary/aromatic N) is 5. The fourth-order valence-corrected chi connectivity index (χ4v) is 3.78. The lowest BCUT2D eigenvalue weighted by molar-refractivity contribution is 0.0315. The lowest BCUT2D eigenvalue weighted by Gasteiger charge is -2.29. The quantitative estimate of drug-likeness (QED) is 0.344. The number of likely N-dealkylation sites (tertiary alicyclic amines) is 1. The van der Waals surface area contributed by atoms with Gasteiger partial charge in [0.15, 0.2) is 11.7 Å². The van der Waals surface area contributed by atoms with Crippen molar-refractivity contribution in [2.24, 2.45) is 10.9 Å². The van der Waals surface area contributed by atoms with Crippen molar-refractivity contribution in [3.63, 3.8) is 0 Å². The monoisotopic (exact) mass is 515 g/mol. The Balaban J connectivity index is 0.00000240. The van der Waals surface area contributed by atoms with Gasteiger partial charge in [-0.3, -0.25) is 10.00 Å². The first-order valence-corrected chi connectivity index (χ1v) is 10.1. The first-order chi connectivity index (χ1) is 13.8. The number of aliphatic imine (C=N–C) groups is 1. The first-order valence-electron chi connectivity index (χ1n) is 10.1. The number of hydrogen-bond acceptors (Lipinski definition) is 6. The number of nitrogens with one attached hydrogen (secondary N) is 2. The lowest BCUT2D eigenvalue weighted by Crippen LogP contribution is -2.42. The molecule has 1 atom stereocenters. The molecule has 2 aliphatic rings.